The van der Waals surface area contributed by atoms with Gasteiger partial charge in [-0.2, -0.15) is 5.10 Å². The molecule has 2 heterocycles. The number of aromatic nitrogens is 3. The minimum atomic E-state index is 0. The highest BCUT2D eigenvalue weighted by Gasteiger charge is 2.15. The van der Waals surface area contributed by atoms with Gasteiger partial charge in [-0.1, -0.05) is 19.9 Å². The van der Waals surface area contributed by atoms with Gasteiger partial charge in [0.25, 0.3) is 0 Å². The van der Waals surface area contributed by atoms with Crippen LogP contribution >= 0.6 is 24.0 Å². The molecule has 0 bridgehead atoms. The number of aryl methyl sites for hydroxylation is 1. The molecule has 0 atom stereocenters. The average Bonchev–Trinajstić information content (AvgIpc) is 3.04. The second kappa shape index (κ2) is 13.4. The minimum absolute atomic E-state index is 0. The van der Waals surface area contributed by atoms with E-state index < -0.39 is 0 Å². The normalized spacial score (nSPS) is 11.3. The number of unbranched alkanes of at least 4 members (excludes halogenated alkanes) is 1. The number of anilines is 1. The lowest BCUT2D eigenvalue weighted by Crippen LogP contribution is -2.38. The predicted octanol–water partition coefficient (Wildman–Crippen LogP) is 3.85. The first-order valence-electron chi connectivity index (χ1n) is 10.2. The Hall–Kier alpha value is -1.84. The van der Waals surface area contributed by atoms with E-state index in [1.165, 1.54) is 5.56 Å². The van der Waals surface area contributed by atoms with Gasteiger partial charge in [-0.25, -0.2) is 4.98 Å². The van der Waals surface area contributed by atoms with Crippen LogP contribution in [0.5, 0.6) is 0 Å². The van der Waals surface area contributed by atoms with Gasteiger partial charge in [0.2, 0.25) is 0 Å². The molecule has 0 aliphatic rings. The second-order valence-corrected chi connectivity index (χ2v) is 7.31. The van der Waals surface area contributed by atoms with E-state index in [1.54, 1.807) is 6.20 Å². The van der Waals surface area contributed by atoms with Gasteiger partial charge in [0, 0.05) is 58.2 Å². The van der Waals surface area contributed by atoms with Crippen molar-refractivity contribution in [3.05, 3.63) is 41.9 Å². The van der Waals surface area contributed by atoms with E-state index in [1.807, 2.05) is 29.9 Å². The number of rotatable bonds is 10. The molecular formula is C21H36IN7. The summed E-state index contributed by atoms with van der Waals surface area (Å²) in [6.45, 7) is 9.84. The number of hydrogen-bond acceptors (Lipinski definition) is 4. The number of guanidine groups is 1. The minimum Gasteiger partial charge on any atom is -0.370 e. The van der Waals surface area contributed by atoms with E-state index in [0.29, 0.717) is 5.92 Å². The molecule has 2 N–H and O–H groups in total. The molecule has 8 heteroatoms. The summed E-state index contributed by atoms with van der Waals surface area (Å²) in [4.78, 5) is 11.2. The third kappa shape index (κ3) is 8.59. The summed E-state index contributed by atoms with van der Waals surface area (Å²) < 4.78 is 1.90. The van der Waals surface area contributed by atoms with E-state index in [9.17, 15) is 0 Å². The molecule has 0 aromatic carbocycles. The topological polar surface area (TPSA) is 70.4 Å². The van der Waals surface area contributed by atoms with Crippen LogP contribution in [-0.4, -0.2) is 52.3 Å². The van der Waals surface area contributed by atoms with Crippen molar-refractivity contribution in [3.8, 4) is 0 Å². The van der Waals surface area contributed by atoms with Crippen LogP contribution in [0.3, 0.4) is 0 Å². The van der Waals surface area contributed by atoms with E-state index >= 15 is 0 Å². The zero-order valence-corrected chi connectivity index (χ0v) is 20.7. The Morgan fingerprint density at radius 2 is 2.07 bits per heavy atom. The molecule has 162 valence electrons. The highest BCUT2D eigenvalue weighted by atomic mass is 127. The van der Waals surface area contributed by atoms with Gasteiger partial charge >= 0.3 is 0 Å². The number of pyridine rings is 1. The van der Waals surface area contributed by atoms with Gasteiger partial charge in [0.15, 0.2) is 5.96 Å². The van der Waals surface area contributed by atoms with Crippen molar-refractivity contribution in [1.29, 1.82) is 0 Å². The Kier molecular flexibility index (Phi) is 11.6. The Balaban J connectivity index is 0.00000420. The molecule has 0 aliphatic carbocycles. The third-order valence-electron chi connectivity index (χ3n) is 4.41. The SMILES string of the molecule is CCNC(=NCCCCNc1ccccn1)N(C)Cc1cn(C)nc1C(C)C.I. The van der Waals surface area contributed by atoms with Crippen molar-refractivity contribution in [3.63, 3.8) is 0 Å². The van der Waals surface area contributed by atoms with E-state index in [2.05, 4.69) is 59.6 Å². The molecule has 0 aliphatic heterocycles. The quantitative estimate of drug-likeness (QED) is 0.219. The largest absolute Gasteiger partial charge is 0.370 e. The number of nitrogens with one attached hydrogen (secondary N) is 2. The summed E-state index contributed by atoms with van der Waals surface area (Å²) in [6, 6.07) is 5.90. The van der Waals surface area contributed by atoms with Crippen molar-refractivity contribution >= 4 is 35.8 Å². The first-order chi connectivity index (χ1) is 13.5. The van der Waals surface area contributed by atoms with Gasteiger partial charge < -0.3 is 15.5 Å². The molecule has 0 amide bonds. The highest BCUT2D eigenvalue weighted by Crippen LogP contribution is 2.18. The standard InChI is InChI=1S/C21H35N7.HI/c1-6-22-21(25-14-10-9-13-24-19-11-7-8-12-23-19)27(4)15-18-16-28(5)26-20(18)17(2)3;/h7-8,11-12,16-17H,6,9-10,13-15H2,1-5H3,(H,22,25)(H,23,24);1H. The third-order valence-corrected chi connectivity index (χ3v) is 4.41. The zero-order chi connectivity index (χ0) is 20.4. The maximum Gasteiger partial charge on any atom is 0.193 e. The zero-order valence-electron chi connectivity index (χ0n) is 18.4. The van der Waals surface area contributed by atoms with Crippen LogP contribution in [0.4, 0.5) is 5.82 Å². The van der Waals surface area contributed by atoms with Gasteiger partial charge in [-0.3, -0.25) is 9.67 Å². The van der Waals surface area contributed by atoms with Crippen LogP contribution in [0.15, 0.2) is 35.6 Å². The van der Waals surface area contributed by atoms with E-state index in [-0.39, 0.29) is 24.0 Å². The van der Waals surface area contributed by atoms with Crippen molar-refractivity contribution in [2.75, 3.05) is 32.0 Å². The summed E-state index contributed by atoms with van der Waals surface area (Å²) in [6.07, 6.45) is 6.01. The van der Waals surface area contributed by atoms with Crippen LogP contribution in [0.1, 0.15) is 50.8 Å². The smallest absolute Gasteiger partial charge is 0.193 e. The highest BCUT2D eigenvalue weighted by molar-refractivity contribution is 14.0. The summed E-state index contributed by atoms with van der Waals surface area (Å²) in [5, 5.41) is 11.3. The van der Waals surface area contributed by atoms with Crippen molar-refractivity contribution in [1.82, 2.24) is 25.0 Å². The lowest BCUT2D eigenvalue weighted by Gasteiger charge is -2.22. The molecule has 2 rings (SSSR count). The van der Waals surface area contributed by atoms with Crippen LogP contribution in [0.25, 0.3) is 0 Å². The molecule has 29 heavy (non-hydrogen) atoms. The Morgan fingerprint density at radius 3 is 2.72 bits per heavy atom. The van der Waals surface area contributed by atoms with Crippen LogP contribution in [0.2, 0.25) is 0 Å². The number of nitrogens with zero attached hydrogens (tertiary/aromatic N) is 5. The van der Waals surface area contributed by atoms with Gasteiger partial charge in [-0.05, 0) is 37.8 Å². The summed E-state index contributed by atoms with van der Waals surface area (Å²) in [5.74, 6) is 2.28. The molecule has 0 radical (unpaired) electrons. The summed E-state index contributed by atoms with van der Waals surface area (Å²) in [5.41, 5.74) is 2.41. The van der Waals surface area contributed by atoms with Gasteiger partial charge in [-0.15, -0.1) is 24.0 Å². The number of halogens is 1. The first-order valence-corrected chi connectivity index (χ1v) is 10.2. The number of hydrogen-bond donors (Lipinski definition) is 2. The number of aliphatic imine (C=N–C) groups is 1. The first kappa shape index (κ1) is 25.2. The average molecular weight is 513 g/mol. The van der Waals surface area contributed by atoms with Crippen LogP contribution in [0, 0.1) is 0 Å². The molecule has 2 aromatic heterocycles. The van der Waals surface area contributed by atoms with Crippen LogP contribution in [-0.2, 0) is 13.6 Å². The molecule has 7 nitrogen and oxygen atoms in total. The van der Waals surface area contributed by atoms with Gasteiger partial charge in [0.1, 0.15) is 5.82 Å². The van der Waals surface area contributed by atoms with Crippen molar-refractivity contribution in [2.24, 2.45) is 12.0 Å². The predicted molar refractivity (Wildman–Crippen MR) is 132 cm³/mol. The summed E-state index contributed by atoms with van der Waals surface area (Å²) in [7, 11) is 4.06. The van der Waals surface area contributed by atoms with E-state index in [4.69, 9.17) is 4.99 Å². The fraction of sp³-hybridized carbons (Fsp3) is 0.571. The maximum absolute atomic E-state index is 4.80. The Morgan fingerprint density at radius 1 is 1.28 bits per heavy atom. The molecule has 2 aromatic rings. The lowest BCUT2D eigenvalue weighted by atomic mass is 10.1. The second-order valence-electron chi connectivity index (χ2n) is 7.31. The maximum atomic E-state index is 4.80. The monoisotopic (exact) mass is 513 g/mol. The van der Waals surface area contributed by atoms with Crippen molar-refractivity contribution in [2.45, 2.75) is 46.1 Å². The fourth-order valence-corrected chi connectivity index (χ4v) is 3.07. The molecule has 0 saturated heterocycles. The molecule has 0 unspecified atom stereocenters. The Bertz CT molecular complexity index is 728. The van der Waals surface area contributed by atoms with Gasteiger partial charge in [0.05, 0.1) is 5.69 Å². The molecule has 0 spiro atoms. The summed E-state index contributed by atoms with van der Waals surface area (Å²) >= 11 is 0. The van der Waals surface area contributed by atoms with E-state index in [0.717, 1.165) is 56.5 Å². The lowest BCUT2D eigenvalue weighted by molar-refractivity contribution is 0.473. The molecular weight excluding hydrogens is 477 g/mol. The Labute approximate surface area is 192 Å². The molecule has 0 fully saturated rings. The fourth-order valence-electron chi connectivity index (χ4n) is 3.07. The van der Waals surface area contributed by atoms with Crippen molar-refractivity contribution < 1.29 is 0 Å². The van der Waals surface area contributed by atoms with Crippen LogP contribution < -0.4 is 10.6 Å². The molecule has 0 saturated carbocycles.